The van der Waals surface area contributed by atoms with Gasteiger partial charge in [-0.1, -0.05) is 6.07 Å². The lowest BCUT2D eigenvalue weighted by Gasteiger charge is -2.31. The molecule has 0 radical (unpaired) electrons. The number of hydrogen-bond donors (Lipinski definition) is 2. The van der Waals surface area contributed by atoms with Gasteiger partial charge in [0.1, 0.15) is 5.82 Å². The third-order valence-electron chi connectivity index (χ3n) is 4.88. The number of carbonyl (C=O) groups is 1. The highest BCUT2D eigenvalue weighted by Crippen LogP contribution is 2.30. The van der Waals surface area contributed by atoms with E-state index in [0.717, 1.165) is 18.2 Å². The number of benzene rings is 2. The molecule has 0 unspecified atom stereocenters. The summed E-state index contributed by atoms with van der Waals surface area (Å²) in [5.74, 6) is -0.692. The Balaban J connectivity index is 1.51. The molecule has 168 valence electrons. The zero-order valence-corrected chi connectivity index (χ0v) is 17.1. The van der Waals surface area contributed by atoms with Crippen LogP contribution in [0.5, 0.6) is 0 Å². The number of rotatable bonds is 6. The van der Waals surface area contributed by atoms with Gasteiger partial charge in [0.2, 0.25) is 15.9 Å². The van der Waals surface area contributed by atoms with Crippen molar-refractivity contribution in [2.45, 2.75) is 30.0 Å². The van der Waals surface area contributed by atoms with Gasteiger partial charge in [-0.25, -0.2) is 17.5 Å². The Kier molecular flexibility index (Phi) is 6.97. The normalized spacial score (nSPS) is 16.3. The van der Waals surface area contributed by atoms with Crippen LogP contribution < -0.4 is 10.0 Å². The van der Waals surface area contributed by atoms with E-state index in [4.69, 9.17) is 0 Å². The van der Waals surface area contributed by atoms with Gasteiger partial charge in [-0.2, -0.15) is 13.2 Å². The maximum Gasteiger partial charge on any atom is 0.416 e. The summed E-state index contributed by atoms with van der Waals surface area (Å²) in [5.41, 5.74) is -0.563. The standard InChI is InChI=1S/C20H21F4N3O3S/c21-15-4-6-16(7-5-15)25-19(28)13-27-10-8-17(9-11-27)26-31(29,30)18-3-1-2-14(12-18)20(22,23)24/h1-7,12,17,26H,8-11,13H2,(H,25,28). The minimum atomic E-state index is -4.63. The van der Waals surface area contributed by atoms with Crippen molar-refractivity contribution in [2.24, 2.45) is 0 Å². The van der Waals surface area contributed by atoms with Crippen molar-refractivity contribution >= 4 is 21.6 Å². The fraction of sp³-hybridized carbons (Fsp3) is 0.350. The minimum absolute atomic E-state index is 0.0878. The summed E-state index contributed by atoms with van der Waals surface area (Å²) in [4.78, 5) is 13.5. The smallest absolute Gasteiger partial charge is 0.325 e. The molecule has 1 aliphatic heterocycles. The van der Waals surface area contributed by atoms with Gasteiger partial charge in [0.25, 0.3) is 0 Å². The Hall–Kier alpha value is -2.50. The van der Waals surface area contributed by atoms with Crippen LogP contribution in [0, 0.1) is 5.82 Å². The monoisotopic (exact) mass is 459 g/mol. The molecule has 2 N–H and O–H groups in total. The molecule has 6 nitrogen and oxygen atoms in total. The lowest BCUT2D eigenvalue weighted by molar-refractivity contribution is -0.137. The summed E-state index contributed by atoms with van der Waals surface area (Å²) >= 11 is 0. The van der Waals surface area contributed by atoms with E-state index in [1.165, 1.54) is 24.3 Å². The van der Waals surface area contributed by atoms with Crippen molar-refractivity contribution in [1.82, 2.24) is 9.62 Å². The van der Waals surface area contributed by atoms with Crippen LogP contribution in [0.25, 0.3) is 0 Å². The highest BCUT2D eigenvalue weighted by atomic mass is 32.2. The van der Waals surface area contributed by atoms with Crippen LogP contribution in [0.15, 0.2) is 53.4 Å². The zero-order valence-electron chi connectivity index (χ0n) is 16.3. The van der Waals surface area contributed by atoms with Gasteiger partial charge in [0.15, 0.2) is 0 Å². The van der Waals surface area contributed by atoms with E-state index in [0.29, 0.717) is 37.7 Å². The van der Waals surface area contributed by atoms with Gasteiger partial charge < -0.3 is 5.32 Å². The zero-order chi connectivity index (χ0) is 22.6. The number of piperidine rings is 1. The van der Waals surface area contributed by atoms with Crippen LogP contribution >= 0.6 is 0 Å². The lowest BCUT2D eigenvalue weighted by Crippen LogP contribution is -2.46. The third-order valence-corrected chi connectivity index (χ3v) is 6.39. The summed E-state index contributed by atoms with van der Waals surface area (Å²) < 4.78 is 78.9. The van der Waals surface area contributed by atoms with Gasteiger partial charge in [0, 0.05) is 24.8 Å². The number of nitrogens with zero attached hydrogens (tertiary/aromatic N) is 1. The predicted molar refractivity (Wildman–Crippen MR) is 106 cm³/mol. The topological polar surface area (TPSA) is 78.5 Å². The number of hydrogen-bond acceptors (Lipinski definition) is 4. The first-order chi connectivity index (χ1) is 14.5. The van der Waals surface area contributed by atoms with Crippen LogP contribution in [-0.2, 0) is 21.0 Å². The summed E-state index contributed by atoms with van der Waals surface area (Å²) in [6.07, 6.45) is -3.82. The van der Waals surface area contributed by atoms with Crippen LogP contribution in [0.4, 0.5) is 23.2 Å². The van der Waals surface area contributed by atoms with Crippen molar-refractivity contribution in [2.75, 3.05) is 25.0 Å². The fourth-order valence-electron chi connectivity index (χ4n) is 3.27. The van der Waals surface area contributed by atoms with Crippen LogP contribution in [0.1, 0.15) is 18.4 Å². The quantitative estimate of drug-likeness (QED) is 0.651. The molecule has 1 aliphatic rings. The summed E-state index contributed by atoms with van der Waals surface area (Å²) in [5, 5.41) is 2.65. The highest BCUT2D eigenvalue weighted by Gasteiger charge is 2.32. The molecule has 3 rings (SSSR count). The molecular weight excluding hydrogens is 438 g/mol. The SMILES string of the molecule is O=C(CN1CCC(NS(=O)(=O)c2cccc(C(F)(F)F)c2)CC1)Nc1ccc(F)cc1. The first-order valence-corrected chi connectivity index (χ1v) is 11.0. The van der Waals surface area contributed by atoms with E-state index < -0.39 is 38.5 Å². The Morgan fingerprint density at radius 1 is 1.06 bits per heavy atom. The number of alkyl halides is 3. The Labute approximate surface area is 177 Å². The van der Waals surface area contributed by atoms with Crippen molar-refractivity contribution in [1.29, 1.82) is 0 Å². The van der Waals surface area contributed by atoms with Gasteiger partial charge in [-0.05, 0) is 55.3 Å². The van der Waals surface area contributed by atoms with E-state index in [1.54, 1.807) is 0 Å². The summed E-state index contributed by atoms with van der Waals surface area (Å²) in [7, 11) is -4.11. The van der Waals surface area contributed by atoms with Crippen LogP contribution in [-0.4, -0.2) is 44.9 Å². The molecule has 2 aromatic carbocycles. The molecular formula is C20H21F4N3O3S. The van der Waals surface area contributed by atoms with E-state index in [9.17, 15) is 30.8 Å². The fourth-order valence-corrected chi connectivity index (χ4v) is 4.62. The molecule has 0 bridgehead atoms. The molecule has 0 atom stereocenters. The maximum atomic E-state index is 12.9. The molecule has 0 saturated carbocycles. The average Bonchev–Trinajstić information content (AvgIpc) is 2.70. The Bertz CT molecular complexity index is 1020. The number of likely N-dealkylation sites (tertiary alicyclic amines) is 1. The number of sulfonamides is 1. The predicted octanol–water partition coefficient (Wildman–Crippen LogP) is 3.23. The van der Waals surface area contributed by atoms with Crippen molar-refractivity contribution in [3.63, 3.8) is 0 Å². The second-order valence-electron chi connectivity index (χ2n) is 7.25. The molecule has 11 heteroatoms. The second-order valence-corrected chi connectivity index (χ2v) is 8.97. The molecule has 0 spiro atoms. The molecule has 1 heterocycles. The average molecular weight is 459 g/mol. The Morgan fingerprint density at radius 3 is 2.32 bits per heavy atom. The second kappa shape index (κ2) is 9.33. The molecule has 2 aromatic rings. The van der Waals surface area contributed by atoms with Gasteiger partial charge in [-0.15, -0.1) is 0 Å². The number of amides is 1. The highest BCUT2D eigenvalue weighted by molar-refractivity contribution is 7.89. The van der Waals surface area contributed by atoms with Gasteiger partial charge >= 0.3 is 6.18 Å². The first kappa shape index (κ1) is 23.2. The van der Waals surface area contributed by atoms with Crippen LogP contribution in [0.2, 0.25) is 0 Å². The van der Waals surface area contributed by atoms with Crippen LogP contribution in [0.3, 0.4) is 0 Å². The number of nitrogens with one attached hydrogen (secondary N) is 2. The van der Waals surface area contributed by atoms with E-state index in [-0.39, 0.29) is 12.5 Å². The molecule has 0 aliphatic carbocycles. The van der Waals surface area contributed by atoms with E-state index >= 15 is 0 Å². The number of carbonyl (C=O) groups excluding carboxylic acids is 1. The number of anilines is 1. The first-order valence-electron chi connectivity index (χ1n) is 9.50. The van der Waals surface area contributed by atoms with Crippen molar-refractivity contribution < 1.29 is 30.8 Å². The largest absolute Gasteiger partial charge is 0.416 e. The summed E-state index contributed by atoms with van der Waals surface area (Å²) in [6, 6.07) is 8.51. The molecule has 1 saturated heterocycles. The number of halogens is 4. The third kappa shape index (κ3) is 6.49. The summed E-state index contributed by atoms with van der Waals surface area (Å²) in [6.45, 7) is 0.962. The minimum Gasteiger partial charge on any atom is -0.325 e. The van der Waals surface area contributed by atoms with Gasteiger partial charge in [-0.3, -0.25) is 9.69 Å². The van der Waals surface area contributed by atoms with Crippen molar-refractivity contribution in [3.05, 3.63) is 59.9 Å². The molecule has 0 aromatic heterocycles. The van der Waals surface area contributed by atoms with E-state index in [1.807, 2.05) is 4.90 Å². The lowest BCUT2D eigenvalue weighted by atomic mass is 10.1. The van der Waals surface area contributed by atoms with E-state index in [2.05, 4.69) is 10.0 Å². The molecule has 1 amide bonds. The van der Waals surface area contributed by atoms with Gasteiger partial charge in [0.05, 0.1) is 17.0 Å². The maximum absolute atomic E-state index is 12.9. The van der Waals surface area contributed by atoms with Crippen molar-refractivity contribution in [3.8, 4) is 0 Å². The molecule has 31 heavy (non-hydrogen) atoms. The Morgan fingerprint density at radius 2 is 1.71 bits per heavy atom. The molecule has 1 fully saturated rings.